The van der Waals surface area contributed by atoms with Gasteiger partial charge in [-0.3, -0.25) is 9.69 Å². The molecule has 0 unspecified atom stereocenters. The van der Waals surface area contributed by atoms with Crippen LogP contribution in [0.5, 0.6) is 0 Å². The summed E-state index contributed by atoms with van der Waals surface area (Å²) in [4.78, 5) is 18.0. The van der Waals surface area contributed by atoms with Crippen LogP contribution in [-0.4, -0.2) is 55.2 Å². The van der Waals surface area contributed by atoms with Crippen molar-refractivity contribution in [3.8, 4) is 0 Å². The van der Waals surface area contributed by atoms with Gasteiger partial charge in [-0.15, -0.1) is 0 Å². The average molecular weight is 285 g/mol. The number of carbonyl (C=O) groups excluding carboxylic acids is 1. The number of nitrogens with two attached hydrogens (primary N) is 1. The van der Waals surface area contributed by atoms with Crippen LogP contribution in [0.3, 0.4) is 0 Å². The van der Waals surface area contributed by atoms with E-state index in [9.17, 15) is 4.79 Å². The highest BCUT2D eigenvalue weighted by molar-refractivity contribution is 6.33. The van der Waals surface area contributed by atoms with Crippen LogP contribution in [0.4, 0.5) is 5.82 Å². The first kappa shape index (κ1) is 14.0. The van der Waals surface area contributed by atoms with Gasteiger partial charge in [0.15, 0.2) is 0 Å². The number of pyridine rings is 1. The summed E-state index contributed by atoms with van der Waals surface area (Å²) in [5.74, 6) is 0.0510. The fraction of sp³-hybridized carbons (Fsp3) is 0.500. The predicted octanol–water partition coefficient (Wildman–Crippen LogP) is 0.379. The number of carbonyl (C=O) groups is 1. The maximum atomic E-state index is 11.9. The van der Waals surface area contributed by atoms with E-state index in [1.165, 1.54) is 12.3 Å². The smallest absolute Gasteiger partial charge is 0.253 e. The summed E-state index contributed by atoms with van der Waals surface area (Å²) in [6.45, 7) is 4.67. The number of ether oxygens (including phenoxy) is 1. The number of aromatic nitrogens is 1. The van der Waals surface area contributed by atoms with Gasteiger partial charge in [0.2, 0.25) is 0 Å². The van der Waals surface area contributed by atoms with Gasteiger partial charge in [0.25, 0.3) is 5.91 Å². The van der Waals surface area contributed by atoms with E-state index >= 15 is 0 Å². The molecule has 104 valence electrons. The zero-order valence-corrected chi connectivity index (χ0v) is 11.3. The van der Waals surface area contributed by atoms with Gasteiger partial charge in [0, 0.05) is 32.4 Å². The van der Waals surface area contributed by atoms with E-state index in [0.717, 1.165) is 32.8 Å². The third kappa shape index (κ3) is 4.05. The average Bonchev–Trinajstić information content (AvgIpc) is 2.42. The van der Waals surface area contributed by atoms with E-state index in [4.69, 9.17) is 22.1 Å². The Balaban J connectivity index is 1.82. The Morgan fingerprint density at radius 1 is 1.53 bits per heavy atom. The minimum absolute atomic E-state index is 0.229. The second-order valence-electron chi connectivity index (χ2n) is 4.30. The van der Waals surface area contributed by atoms with Crippen molar-refractivity contribution in [3.63, 3.8) is 0 Å². The Bertz CT molecular complexity index is 449. The molecule has 1 aromatic heterocycles. The van der Waals surface area contributed by atoms with Gasteiger partial charge in [-0.05, 0) is 6.07 Å². The van der Waals surface area contributed by atoms with Gasteiger partial charge in [-0.2, -0.15) is 0 Å². The fourth-order valence-electron chi connectivity index (χ4n) is 1.88. The van der Waals surface area contributed by atoms with Crippen LogP contribution in [0.15, 0.2) is 12.3 Å². The van der Waals surface area contributed by atoms with Crippen LogP contribution >= 0.6 is 11.6 Å². The molecule has 0 spiro atoms. The van der Waals surface area contributed by atoms with E-state index in [1.807, 2.05) is 0 Å². The fourth-order valence-corrected chi connectivity index (χ4v) is 2.07. The minimum Gasteiger partial charge on any atom is -0.384 e. The van der Waals surface area contributed by atoms with Crippen molar-refractivity contribution in [2.75, 3.05) is 45.1 Å². The summed E-state index contributed by atoms with van der Waals surface area (Å²) in [6.07, 6.45) is 1.38. The van der Waals surface area contributed by atoms with E-state index in [2.05, 4.69) is 15.2 Å². The number of hydrogen-bond donors (Lipinski definition) is 2. The van der Waals surface area contributed by atoms with E-state index in [-0.39, 0.29) is 11.7 Å². The van der Waals surface area contributed by atoms with E-state index in [0.29, 0.717) is 17.1 Å². The molecule has 1 aliphatic rings. The highest BCUT2D eigenvalue weighted by Crippen LogP contribution is 2.16. The molecule has 1 fully saturated rings. The van der Waals surface area contributed by atoms with Crippen molar-refractivity contribution in [3.05, 3.63) is 22.8 Å². The molecule has 0 saturated carbocycles. The third-order valence-electron chi connectivity index (χ3n) is 2.94. The molecule has 6 nitrogen and oxygen atoms in total. The van der Waals surface area contributed by atoms with Crippen molar-refractivity contribution >= 4 is 23.3 Å². The lowest BCUT2D eigenvalue weighted by atomic mass is 10.2. The second kappa shape index (κ2) is 6.70. The number of nitrogens with zero attached hydrogens (tertiary/aromatic N) is 2. The Morgan fingerprint density at radius 3 is 3.00 bits per heavy atom. The Hall–Kier alpha value is -1.37. The number of anilines is 1. The lowest BCUT2D eigenvalue weighted by Gasteiger charge is -2.26. The Morgan fingerprint density at radius 2 is 2.26 bits per heavy atom. The highest BCUT2D eigenvalue weighted by Gasteiger charge is 2.13. The molecule has 1 aliphatic heterocycles. The molecule has 19 heavy (non-hydrogen) atoms. The molecule has 7 heteroatoms. The molecular weight excluding hydrogens is 268 g/mol. The van der Waals surface area contributed by atoms with E-state index in [1.54, 1.807) is 0 Å². The largest absolute Gasteiger partial charge is 0.384 e. The topological polar surface area (TPSA) is 80.5 Å². The number of morpholine rings is 1. The summed E-state index contributed by atoms with van der Waals surface area (Å²) in [7, 11) is 0. The molecule has 1 saturated heterocycles. The van der Waals surface area contributed by atoms with E-state index < -0.39 is 0 Å². The van der Waals surface area contributed by atoms with Gasteiger partial charge in [0.1, 0.15) is 5.82 Å². The molecule has 0 aromatic carbocycles. The van der Waals surface area contributed by atoms with Crippen LogP contribution in [0.25, 0.3) is 0 Å². The molecule has 0 atom stereocenters. The predicted molar refractivity (Wildman–Crippen MR) is 73.3 cm³/mol. The Labute approximate surface area is 116 Å². The summed E-state index contributed by atoms with van der Waals surface area (Å²) in [5, 5.41) is 3.13. The van der Waals surface area contributed by atoms with Gasteiger partial charge < -0.3 is 15.8 Å². The quantitative estimate of drug-likeness (QED) is 0.835. The number of rotatable bonds is 4. The Kier molecular flexibility index (Phi) is 4.95. The first-order valence-corrected chi connectivity index (χ1v) is 6.54. The molecule has 0 bridgehead atoms. The summed E-state index contributed by atoms with van der Waals surface area (Å²) < 4.78 is 5.26. The lowest BCUT2D eigenvalue weighted by Crippen LogP contribution is -2.41. The van der Waals surface area contributed by atoms with Crippen molar-refractivity contribution in [1.82, 2.24) is 15.2 Å². The SMILES string of the molecule is Nc1cc(C(=O)NCCN2CCOCC2)c(Cl)cn1. The standard InChI is InChI=1S/C12H17ClN4O2/c13-10-8-16-11(14)7-9(10)12(18)15-1-2-17-3-5-19-6-4-17/h7-8H,1-6H2,(H2,14,16)(H,15,18). The maximum absolute atomic E-state index is 11.9. The number of nitrogen functional groups attached to an aromatic ring is 1. The first-order chi connectivity index (χ1) is 9.16. The van der Waals surface area contributed by atoms with Crippen LogP contribution < -0.4 is 11.1 Å². The van der Waals surface area contributed by atoms with Crippen molar-refractivity contribution < 1.29 is 9.53 Å². The molecule has 1 aromatic rings. The normalized spacial score (nSPS) is 16.3. The third-order valence-corrected chi connectivity index (χ3v) is 3.24. The first-order valence-electron chi connectivity index (χ1n) is 6.16. The maximum Gasteiger partial charge on any atom is 0.253 e. The molecule has 0 aliphatic carbocycles. The molecule has 2 rings (SSSR count). The van der Waals surface area contributed by atoms with Gasteiger partial charge in [-0.25, -0.2) is 4.98 Å². The van der Waals surface area contributed by atoms with Crippen LogP contribution in [0.1, 0.15) is 10.4 Å². The van der Waals surface area contributed by atoms with Crippen molar-refractivity contribution in [1.29, 1.82) is 0 Å². The summed E-state index contributed by atoms with van der Waals surface area (Å²) >= 11 is 5.91. The molecule has 2 heterocycles. The summed E-state index contributed by atoms with van der Waals surface area (Å²) in [6, 6.07) is 1.48. The summed E-state index contributed by atoms with van der Waals surface area (Å²) in [5.41, 5.74) is 5.90. The van der Waals surface area contributed by atoms with Crippen molar-refractivity contribution in [2.45, 2.75) is 0 Å². The van der Waals surface area contributed by atoms with Gasteiger partial charge in [0.05, 0.1) is 23.8 Å². The number of nitrogens with one attached hydrogen (secondary N) is 1. The van der Waals surface area contributed by atoms with Crippen LogP contribution in [0, 0.1) is 0 Å². The lowest BCUT2D eigenvalue weighted by molar-refractivity contribution is 0.0383. The molecule has 3 N–H and O–H groups in total. The van der Waals surface area contributed by atoms with Gasteiger partial charge in [-0.1, -0.05) is 11.6 Å². The number of amides is 1. The number of hydrogen-bond acceptors (Lipinski definition) is 5. The van der Waals surface area contributed by atoms with Crippen LogP contribution in [0.2, 0.25) is 5.02 Å². The molecular formula is C12H17ClN4O2. The minimum atomic E-state index is -0.229. The van der Waals surface area contributed by atoms with Gasteiger partial charge >= 0.3 is 0 Å². The van der Waals surface area contributed by atoms with Crippen molar-refractivity contribution in [2.24, 2.45) is 0 Å². The zero-order chi connectivity index (χ0) is 13.7. The zero-order valence-electron chi connectivity index (χ0n) is 10.6. The monoisotopic (exact) mass is 284 g/mol. The van der Waals surface area contributed by atoms with Crippen LogP contribution in [-0.2, 0) is 4.74 Å². The molecule has 0 radical (unpaired) electrons. The number of halogens is 1. The second-order valence-corrected chi connectivity index (χ2v) is 4.71. The highest BCUT2D eigenvalue weighted by atomic mass is 35.5. The molecule has 1 amide bonds.